The van der Waals surface area contributed by atoms with Crippen LogP contribution in [0.3, 0.4) is 0 Å². The van der Waals surface area contributed by atoms with Crippen molar-refractivity contribution in [1.82, 2.24) is 4.90 Å². The van der Waals surface area contributed by atoms with Crippen molar-refractivity contribution in [2.24, 2.45) is 5.73 Å². The van der Waals surface area contributed by atoms with Crippen molar-refractivity contribution in [2.45, 2.75) is 25.4 Å². The van der Waals surface area contributed by atoms with Gasteiger partial charge in [0.2, 0.25) is 0 Å². The van der Waals surface area contributed by atoms with E-state index in [9.17, 15) is 0 Å². The highest BCUT2D eigenvalue weighted by Crippen LogP contribution is 2.15. The summed E-state index contributed by atoms with van der Waals surface area (Å²) in [6, 6.07) is 0.337. The lowest BCUT2D eigenvalue weighted by molar-refractivity contribution is -0.000160. The first-order valence-corrected chi connectivity index (χ1v) is 4.92. The maximum absolute atomic E-state index is 5.77. The summed E-state index contributed by atoms with van der Waals surface area (Å²) in [6.45, 7) is 6.13. The maximum atomic E-state index is 5.77. The van der Waals surface area contributed by atoms with Crippen LogP contribution in [-0.2, 0) is 9.47 Å². The molecule has 0 radical (unpaired) electrons. The molecule has 0 aliphatic heterocycles. The van der Waals surface area contributed by atoms with Crippen LogP contribution >= 0.6 is 0 Å². The minimum absolute atomic E-state index is 0.118. The number of rotatable bonds is 7. The molecule has 0 aromatic carbocycles. The lowest BCUT2D eigenvalue weighted by Gasteiger charge is -2.41. The quantitative estimate of drug-likeness (QED) is 0.648. The van der Waals surface area contributed by atoms with Crippen molar-refractivity contribution < 1.29 is 9.47 Å². The fourth-order valence-corrected chi connectivity index (χ4v) is 1.50. The molecule has 4 nitrogen and oxygen atoms in total. The van der Waals surface area contributed by atoms with E-state index in [1.165, 1.54) is 0 Å². The summed E-state index contributed by atoms with van der Waals surface area (Å²) in [6.07, 6.45) is 0. The van der Waals surface area contributed by atoms with Crippen LogP contribution in [0.5, 0.6) is 0 Å². The second-order valence-electron chi connectivity index (χ2n) is 4.05. The molecule has 2 unspecified atom stereocenters. The second-order valence-corrected chi connectivity index (χ2v) is 4.05. The van der Waals surface area contributed by atoms with E-state index in [0.29, 0.717) is 25.8 Å². The van der Waals surface area contributed by atoms with Gasteiger partial charge in [-0.25, -0.2) is 0 Å². The minimum Gasteiger partial charge on any atom is -0.383 e. The Morgan fingerprint density at radius 1 is 1.36 bits per heavy atom. The Morgan fingerprint density at radius 3 is 2.29 bits per heavy atom. The SMILES string of the molecule is COCC(C)N(C)C(C)(CN)COC. The predicted octanol–water partition coefficient (Wildman–Crippen LogP) is 0.317. The van der Waals surface area contributed by atoms with Crippen molar-refractivity contribution >= 4 is 0 Å². The Labute approximate surface area is 87.4 Å². The van der Waals surface area contributed by atoms with E-state index in [1.54, 1.807) is 14.2 Å². The van der Waals surface area contributed by atoms with E-state index in [0.717, 1.165) is 0 Å². The van der Waals surface area contributed by atoms with Gasteiger partial charge in [-0.1, -0.05) is 0 Å². The first-order chi connectivity index (χ1) is 6.51. The Balaban J connectivity index is 4.34. The first-order valence-electron chi connectivity index (χ1n) is 4.92. The molecule has 0 heterocycles. The van der Waals surface area contributed by atoms with Gasteiger partial charge in [-0.15, -0.1) is 0 Å². The summed E-state index contributed by atoms with van der Waals surface area (Å²) in [5.41, 5.74) is 5.65. The second kappa shape index (κ2) is 6.35. The number of hydrogen-bond donors (Lipinski definition) is 1. The standard InChI is InChI=1S/C10H24N2O2/c1-9(6-13-4)12(3)10(2,7-11)8-14-5/h9H,6-8,11H2,1-5H3. The molecule has 0 aliphatic rings. The molecule has 0 saturated carbocycles. The Kier molecular flexibility index (Phi) is 6.27. The molecule has 0 saturated heterocycles. The number of hydrogen-bond acceptors (Lipinski definition) is 4. The number of nitrogens with zero attached hydrogens (tertiary/aromatic N) is 1. The zero-order valence-corrected chi connectivity index (χ0v) is 10.0. The van der Waals surface area contributed by atoms with Gasteiger partial charge in [-0.05, 0) is 20.9 Å². The number of nitrogens with two attached hydrogens (primary N) is 1. The molecule has 0 aliphatic carbocycles. The summed E-state index contributed by atoms with van der Waals surface area (Å²) < 4.78 is 10.3. The highest BCUT2D eigenvalue weighted by atomic mass is 16.5. The van der Waals surface area contributed by atoms with Gasteiger partial charge in [-0.2, -0.15) is 0 Å². The highest BCUT2D eigenvalue weighted by molar-refractivity contribution is 4.88. The summed E-state index contributed by atoms with van der Waals surface area (Å²) in [5, 5.41) is 0. The van der Waals surface area contributed by atoms with Crippen LogP contribution in [0.15, 0.2) is 0 Å². The lowest BCUT2D eigenvalue weighted by Crippen LogP contribution is -2.56. The van der Waals surface area contributed by atoms with E-state index in [4.69, 9.17) is 15.2 Å². The fraction of sp³-hybridized carbons (Fsp3) is 1.00. The van der Waals surface area contributed by atoms with Gasteiger partial charge in [0.15, 0.2) is 0 Å². The summed E-state index contributed by atoms with van der Waals surface area (Å²) in [7, 11) is 5.46. The highest BCUT2D eigenvalue weighted by Gasteiger charge is 2.30. The fourth-order valence-electron chi connectivity index (χ4n) is 1.50. The molecule has 0 aromatic rings. The monoisotopic (exact) mass is 204 g/mol. The van der Waals surface area contributed by atoms with Crippen LogP contribution < -0.4 is 5.73 Å². The van der Waals surface area contributed by atoms with E-state index in [1.807, 2.05) is 0 Å². The molecule has 0 rings (SSSR count). The third-order valence-electron chi connectivity index (χ3n) is 2.82. The molecular weight excluding hydrogens is 180 g/mol. The van der Waals surface area contributed by atoms with Crippen molar-refractivity contribution in [3.05, 3.63) is 0 Å². The number of ether oxygens (including phenoxy) is 2. The van der Waals surface area contributed by atoms with Crippen molar-refractivity contribution in [3.63, 3.8) is 0 Å². The van der Waals surface area contributed by atoms with Gasteiger partial charge in [0, 0.05) is 26.8 Å². The molecule has 2 N–H and O–H groups in total. The normalized spacial score (nSPS) is 18.2. The van der Waals surface area contributed by atoms with E-state index < -0.39 is 0 Å². The molecular formula is C10H24N2O2. The first kappa shape index (κ1) is 13.8. The Morgan fingerprint density at radius 2 is 1.93 bits per heavy atom. The van der Waals surface area contributed by atoms with Crippen LogP contribution in [0.4, 0.5) is 0 Å². The van der Waals surface area contributed by atoms with Crippen molar-refractivity contribution in [3.8, 4) is 0 Å². The van der Waals surface area contributed by atoms with Gasteiger partial charge in [0.05, 0.1) is 18.8 Å². The van der Waals surface area contributed by atoms with E-state index in [2.05, 4.69) is 25.8 Å². The van der Waals surface area contributed by atoms with Gasteiger partial charge >= 0.3 is 0 Å². The molecule has 0 amide bonds. The summed E-state index contributed by atoms with van der Waals surface area (Å²) >= 11 is 0. The van der Waals surface area contributed by atoms with Crippen LogP contribution in [0.1, 0.15) is 13.8 Å². The average Bonchev–Trinajstić information content (AvgIpc) is 2.17. The third kappa shape index (κ3) is 3.53. The largest absolute Gasteiger partial charge is 0.383 e. The van der Waals surface area contributed by atoms with Gasteiger partial charge in [0.1, 0.15) is 0 Å². The summed E-state index contributed by atoms with van der Waals surface area (Å²) in [4.78, 5) is 2.21. The van der Waals surface area contributed by atoms with Crippen molar-refractivity contribution in [1.29, 1.82) is 0 Å². The van der Waals surface area contributed by atoms with Gasteiger partial charge < -0.3 is 15.2 Å². The zero-order valence-electron chi connectivity index (χ0n) is 10.0. The summed E-state index contributed by atoms with van der Waals surface area (Å²) in [5.74, 6) is 0. The Bertz CT molecular complexity index is 155. The molecule has 14 heavy (non-hydrogen) atoms. The molecule has 86 valence electrons. The van der Waals surface area contributed by atoms with Crippen LogP contribution in [0, 0.1) is 0 Å². The molecule has 0 spiro atoms. The van der Waals surface area contributed by atoms with Crippen LogP contribution in [0.2, 0.25) is 0 Å². The average molecular weight is 204 g/mol. The molecule has 0 aromatic heterocycles. The topological polar surface area (TPSA) is 47.7 Å². The van der Waals surface area contributed by atoms with Gasteiger partial charge in [-0.3, -0.25) is 4.90 Å². The molecule has 4 heteroatoms. The zero-order chi connectivity index (χ0) is 11.2. The Hall–Kier alpha value is -0.160. The maximum Gasteiger partial charge on any atom is 0.0656 e. The van der Waals surface area contributed by atoms with E-state index >= 15 is 0 Å². The molecule has 0 bridgehead atoms. The van der Waals surface area contributed by atoms with Crippen molar-refractivity contribution in [2.75, 3.05) is 41.0 Å². The minimum atomic E-state index is -0.118. The van der Waals surface area contributed by atoms with Crippen LogP contribution in [0.25, 0.3) is 0 Å². The molecule has 2 atom stereocenters. The van der Waals surface area contributed by atoms with Crippen LogP contribution in [-0.4, -0.2) is 57.5 Å². The predicted molar refractivity (Wildman–Crippen MR) is 58.4 cm³/mol. The molecule has 0 fully saturated rings. The van der Waals surface area contributed by atoms with E-state index in [-0.39, 0.29) is 5.54 Å². The smallest absolute Gasteiger partial charge is 0.0656 e. The number of likely N-dealkylation sites (N-methyl/N-ethyl adjacent to an activating group) is 1. The number of methoxy groups -OCH3 is 2. The third-order valence-corrected chi connectivity index (χ3v) is 2.82. The lowest BCUT2D eigenvalue weighted by atomic mass is 10.00. The van der Waals surface area contributed by atoms with Gasteiger partial charge in [0.25, 0.3) is 0 Å².